The van der Waals surface area contributed by atoms with Crippen molar-refractivity contribution in [2.75, 3.05) is 0 Å². The molecule has 0 unspecified atom stereocenters. The highest BCUT2D eigenvalue weighted by Crippen LogP contribution is 2.48. The van der Waals surface area contributed by atoms with E-state index < -0.39 is 11.7 Å². The molecule has 0 saturated carbocycles. The highest BCUT2D eigenvalue weighted by molar-refractivity contribution is 6.13. The summed E-state index contributed by atoms with van der Waals surface area (Å²) in [7, 11) is 0. The largest absolute Gasteiger partial charge is 0.416 e. The monoisotopic (exact) mass is 1050 g/mol. The van der Waals surface area contributed by atoms with Crippen molar-refractivity contribution in [1.82, 2.24) is 39.0 Å². The zero-order chi connectivity index (χ0) is 54.8. The summed E-state index contributed by atoms with van der Waals surface area (Å²) in [6.07, 6.45) is -4.72. The molecule has 14 aromatic rings. The number of fused-ring (bicyclic) bond motifs is 6. The second-order valence-electron chi connectivity index (χ2n) is 19.7. The third-order valence-electron chi connectivity index (χ3n) is 14.8. The van der Waals surface area contributed by atoms with Crippen LogP contribution < -0.4 is 0 Å². The maximum absolute atomic E-state index is 15.3. The van der Waals surface area contributed by atoms with Crippen LogP contribution in [-0.4, -0.2) is 39.0 Å². The van der Waals surface area contributed by atoms with Gasteiger partial charge in [-0.05, 0) is 90.3 Å². The first-order valence-electron chi connectivity index (χ1n) is 26.2. The molecule has 0 spiro atoms. The molecule has 10 aromatic carbocycles. The van der Waals surface area contributed by atoms with Crippen molar-refractivity contribution in [2.24, 2.45) is 0 Å². The molecule has 0 amide bonds. The van der Waals surface area contributed by atoms with Gasteiger partial charge in [0.05, 0.1) is 45.6 Å². The van der Waals surface area contributed by atoms with Gasteiger partial charge in [-0.2, -0.15) is 13.2 Å². The van der Waals surface area contributed by atoms with Crippen molar-refractivity contribution in [3.8, 4) is 90.8 Å². The highest BCUT2D eigenvalue weighted by Gasteiger charge is 2.35. The first-order valence-corrected chi connectivity index (χ1v) is 26.2. The molecule has 4 aromatic heterocycles. The lowest BCUT2D eigenvalue weighted by molar-refractivity contribution is -0.137. The van der Waals surface area contributed by atoms with Crippen LogP contribution in [0.3, 0.4) is 0 Å². The van der Waals surface area contributed by atoms with Gasteiger partial charge in [-0.1, -0.05) is 170 Å². The molecule has 0 saturated heterocycles. The summed E-state index contributed by atoms with van der Waals surface area (Å²) in [5, 5.41) is 3.52. The van der Waals surface area contributed by atoms with E-state index >= 15 is 13.2 Å². The Morgan fingerprint density at radius 2 is 0.716 bits per heavy atom. The number of hydrogen-bond donors (Lipinski definition) is 0. The number of alkyl halides is 3. The predicted molar refractivity (Wildman–Crippen MR) is 316 cm³/mol. The fourth-order valence-electron chi connectivity index (χ4n) is 11.1. The minimum Gasteiger partial charge on any atom is -0.308 e. The first kappa shape index (κ1) is 48.5. The van der Waals surface area contributed by atoms with Gasteiger partial charge in [0, 0.05) is 54.9 Å². The Kier molecular flexibility index (Phi) is 11.7. The van der Waals surface area contributed by atoms with E-state index in [1.54, 1.807) is 25.1 Å². The minimum atomic E-state index is -4.72. The topological polar surface area (TPSA) is 91.6 Å². The molecule has 0 radical (unpaired) electrons. The van der Waals surface area contributed by atoms with Gasteiger partial charge in [-0.3, -0.25) is 0 Å². The normalized spacial score (nSPS) is 11.7. The molecule has 12 heteroatoms. The molecule has 384 valence electrons. The molecule has 14 rings (SSSR count). The maximum Gasteiger partial charge on any atom is 0.416 e. The van der Waals surface area contributed by atoms with Crippen LogP contribution in [0.25, 0.3) is 139 Å². The zero-order valence-corrected chi connectivity index (χ0v) is 43.2. The van der Waals surface area contributed by atoms with Gasteiger partial charge in [0.25, 0.3) is 0 Å². The predicted octanol–water partition coefficient (Wildman–Crippen LogP) is 17.8. The van der Waals surface area contributed by atoms with Crippen LogP contribution in [-0.2, 0) is 6.18 Å². The quantitative estimate of drug-likeness (QED) is 0.134. The number of halogens is 3. The lowest BCUT2D eigenvalue weighted by Crippen LogP contribution is -2.09. The third kappa shape index (κ3) is 8.52. The molecule has 0 bridgehead atoms. The highest BCUT2D eigenvalue weighted by atomic mass is 19.4. The summed E-state index contributed by atoms with van der Waals surface area (Å²) < 4.78 is 50.0. The Morgan fingerprint density at radius 3 is 1.11 bits per heavy atom. The Bertz CT molecular complexity index is 4700. The molecule has 0 aliphatic rings. The van der Waals surface area contributed by atoms with Crippen LogP contribution in [0.2, 0.25) is 0 Å². The van der Waals surface area contributed by atoms with E-state index in [0.29, 0.717) is 51.9 Å². The summed E-state index contributed by atoms with van der Waals surface area (Å²) in [4.78, 5) is 34.1. The van der Waals surface area contributed by atoms with E-state index in [0.717, 1.165) is 83.1 Å². The van der Waals surface area contributed by atoms with Crippen molar-refractivity contribution >= 4 is 49.3 Å². The summed E-state index contributed by atoms with van der Waals surface area (Å²) in [5.41, 5.74) is 8.87. The van der Waals surface area contributed by atoms with Crippen molar-refractivity contribution < 1.29 is 13.2 Å². The van der Waals surface area contributed by atoms with Crippen LogP contribution >= 0.6 is 0 Å². The third-order valence-corrected chi connectivity index (χ3v) is 14.8. The summed E-state index contributed by atoms with van der Waals surface area (Å²) in [6, 6.07) is 75.0. The Hall–Kier alpha value is -10.9. The van der Waals surface area contributed by atoms with Crippen LogP contribution in [0.5, 0.6) is 0 Å². The standard InChI is InChI=1S/C69H42F3N9/c1-42-20-19-31-54(69(70,71)72)62(42)53-40-60(80-56-32-17-15-29-49(56)51-38-47(34-36-58(51)80)67-76-63(43-21-7-3-8-22-43)74-64(77-67)44-23-9-4-10-24-44)61(41-55(53)73-2)81-57-33-18-16-30-50(57)52-39-48(35-37-59(52)81)68-78-65(45-25-11-5-12-26-45)75-66(79-68)46-27-13-6-14-28-46/h3-41H,1H3. The summed E-state index contributed by atoms with van der Waals surface area (Å²) in [6.45, 7) is 10.4. The lowest BCUT2D eigenvalue weighted by Gasteiger charge is -2.22. The second kappa shape index (κ2) is 19.5. The first-order chi connectivity index (χ1) is 39.7. The van der Waals surface area contributed by atoms with E-state index in [4.69, 9.17) is 36.5 Å². The maximum atomic E-state index is 15.3. The average Bonchev–Trinajstić information content (AvgIpc) is 4.28. The van der Waals surface area contributed by atoms with Gasteiger partial charge in [0.1, 0.15) is 0 Å². The van der Waals surface area contributed by atoms with Gasteiger partial charge in [0.2, 0.25) is 0 Å². The van der Waals surface area contributed by atoms with Gasteiger partial charge in [-0.25, -0.2) is 34.7 Å². The Labute approximate surface area is 462 Å². The molecule has 9 nitrogen and oxygen atoms in total. The Balaban J connectivity index is 1.03. The second-order valence-corrected chi connectivity index (χ2v) is 19.7. The van der Waals surface area contributed by atoms with Crippen LogP contribution in [0.15, 0.2) is 237 Å². The number of aromatic nitrogens is 8. The number of nitrogens with zero attached hydrogens (tertiary/aromatic N) is 9. The molecule has 81 heavy (non-hydrogen) atoms. The number of para-hydroxylation sites is 2. The molecule has 0 N–H and O–H groups in total. The fraction of sp³-hybridized carbons (Fsp3) is 0.0290. The van der Waals surface area contributed by atoms with Crippen molar-refractivity contribution in [3.05, 3.63) is 259 Å². The number of hydrogen-bond acceptors (Lipinski definition) is 6. The van der Waals surface area contributed by atoms with Crippen LogP contribution in [0.4, 0.5) is 18.9 Å². The number of rotatable bonds is 9. The molecule has 0 atom stereocenters. The van der Waals surface area contributed by atoms with Gasteiger partial charge >= 0.3 is 6.18 Å². The molecule has 0 aliphatic heterocycles. The molecular formula is C69H42F3N9. The van der Waals surface area contributed by atoms with Crippen LogP contribution in [0.1, 0.15) is 11.1 Å². The lowest BCUT2D eigenvalue weighted by atomic mass is 9.92. The average molecular weight is 1050 g/mol. The summed E-state index contributed by atoms with van der Waals surface area (Å²) in [5.74, 6) is 3.06. The SMILES string of the molecule is [C-]#[N+]c1cc(-n2c3ccccc3c3cc(-c4nc(-c5ccccc5)nc(-c5ccccc5)n4)ccc32)c(-n2c3ccccc3c3cc(-c4nc(-c5ccccc5)nc(-c5ccccc5)n4)ccc32)cc1-c1c(C)cccc1C(F)(F)F. The van der Waals surface area contributed by atoms with Crippen molar-refractivity contribution in [3.63, 3.8) is 0 Å². The fourth-order valence-corrected chi connectivity index (χ4v) is 11.1. The number of aryl methyl sites for hydroxylation is 1. The molecule has 0 fully saturated rings. The van der Waals surface area contributed by atoms with E-state index in [9.17, 15) is 0 Å². The van der Waals surface area contributed by atoms with Crippen molar-refractivity contribution in [1.29, 1.82) is 0 Å². The molecular weight excluding hydrogens is 1010 g/mol. The van der Waals surface area contributed by atoms with Crippen molar-refractivity contribution in [2.45, 2.75) is 13.1 Å². The minimum absolute atomic E-state index is 0.0564. The van der Waals surface area contributed by atoms with E-state index in [-0.39, 0.29) is 16.8 Å². The Morgan fingerprint density at radius 1 is 0.358 bits per heavy atom. The van der Waals surface area contributed by atoms with E-state index in [1.165, 1.54) is 6.07 Å². The van der Waals surface area contributed by atoms with Gasteiger partial charge in [0.15, 0.2) is 40.6 Å². The zero-order valence-electron chi connectivity index (χ0n) is 43.2. The van der Waals surface area contributed by atoms with E-state index in [1.807, 2.05) is 188 Å². The smallest absolute Gasteiger partial charge is 0.308 e. The molecule has 0 aliphatic carbocycles. The van der Waals surface area contributed by atoms with Gasteiger partial charge in [-0.15, -0.1) is 0 Å². The number of benzene rings is 10. The van der Waals surface area contributed by atoms with E-state index in [2.05, 4.69) is 32.2 Å². The summed E-state index contributed by atoms with van der Waals surface area (Å²) >= 11 is 0. The van der Waals surface area contributed by atoms with Gasteiger partial charge < -0.3 is 9.13 Å². The molecule has 4 heterocycles. The van der Waals surface area contributed by atoms with Crippen LogP contribution in [0, 0.1) is 13.5 Å².